The van der Waals surface area contributed by atoms with Crippen LogP contribution in [0.5, 0.6) is 35.3 Å². The Morgan fingerprint density at radius 3 is 0.833 bits per heavy atom. The summed E-state index contributed by atoms with van der Waals surface area (Å²) in [4.78, 5) is 52.6. The first-order valence-electron chi connectivity index (χ1n) is 9.67. The number of hydrogen-bond donors (Lipinski definition) is 6. The van der Waals surface area contributed by atoms with Gasteiger partial charge in [-0.05, 0) is 18.2 Å². The van der Waals surface area contributed by atoms with Crippen LogP contribution in [0.15, 0.2) is 54.6 Å². The Morgan fingerprint density at radius 1 is 0.444 bits per heavy atom. The zero-order chi connectivity index (χ0) is 26.1. The summed E-state index contributed by atoms with van der Waals surface area (Å²) in [5, 5.41) is 58.1. The van der Waals surface area contributed by atoms with Gasteiger partial charge in [-0.25, -0.2) is 14.4 Å². The molecule has 36 heavy (non-hydrogen) atoms. The molecule has 0 spiro atoms. The number of hydrogen-bond acceptors (Lipinski definition) is 12. The molecule has 0 aliphatic heterocycles. The van der Waals surface area contributed by atoms with Gasteiger partial charge in [-0.3, -0.25) is 0 Å². The van der Waals surface area contributed by atoms with Crippen LogP contribution >= 0.6 is 0 Å². The Kier molecular flexibility index (Phi) is 5.79. The smallest absolute Gasteiger partial charge is 0.363 e. The van der Waals surface area contributed by atoms with Crippen LogP contribution in [-0.4, -0.2) is 62.7 Å². The van der Waals surface area contributed by atoms with E-state index in [-0.39, 0.29) is 0 Å². The van der Waals surface area contributed by atoms with E-state index >= 15 is 0 Å². The molecular formula is C21H15N3O12. The van der Waals surface area contributed by atoms with Gasteiger partial charge in [-0.1, -0.05) is 0 Å². The predicted octanol–water partition coefficient (Wildman–Crippen LogP) is 0.132. The molecule has 0 bridgehead atoms. The third-order valence-corrected chi connectivity index (χ3v) is 4.56. The quantitative estimate of drug-likeness (QED) is 0.208. The number of carbonyl (C=O) groups excluding carboxylic acids is 3. The standard InChI is InChI=1S/C21H15N3O12/c25-13-1-2-14(26)22(13)34-19(31)10-7-11(20(32)35-23-15(27)3-4-16(23)28)9-12(8-10)21(33)36-24-17(29)5-6-18(24)30/h1-9,25-30H. The highest BCUT2D eigenvalue weighted by atomic mass is 16.7. The number of nitrogens with zero attached hydrogens (tertiary/aromatic N) is 3. The average Bonchev–Trinajstić information content (AvgIpc) is 3.46. The van der Waals surface area contributed by atoms with Gasteiger partial charge < -0.3 is 45.2 Å². The number of aromatic hydroxyl groups is 6. The monoisotopic (exact) mass is 501 g/mol. The van der Waals surface area contributed by atoms with Crippen molar-refractivity contribution in [2.24, 2.45) is 0 Å². The van der Waals surface area contributed by atoms with Crippen molar-refractivity contribution in [1.82, 2.24) is 14.2 Å². The lowest BCUT2D eigenvalue weighted by atomic mass is 10.1. The molecule has 3 heterocycles. The van der Waals surface area contributed by atoms with Crippen molar-refractivity contribution in [3.8, 4) is 35.3 Å². The molecule has 6 N–H and O–H groups in total. The van der Waals surface area contributed by atoms with E-state index in [9.17, 15) is 45.0 Å². The van der Waals surface area contributed by atoms with Crippen LogP contribution in [0.25, 0.3) is 0 Å². The third-order valence-electron chi connectivity index (χ3n) is 4.56. The second-order valence-corrected chi connectivity index (χ2v) is 6.97. The molecule has 0 fully saturated rings. The highest BCUT2D eigenvalue weighted by molar-refractivity contribution is 6.00. The lowest BCUT2D eigenvalue weighted by molar-refractivity contribution is 0.0371. The molecule has 0 aliphatic rings. The summed E-state index contributed by atoms with van der Waals surface area (Å²) in [6, 6.07) is 8.83. The molecular weight excluding hydrogens is 486 g/mol. The summed E-state index contributed by atoms with van der Waals surface area (Å²) in [6.45, 7) is 0. The number of carbonyl (C=O) groups is 3. The van der Waals surface area contributed by atoms with E-state index in [4.69, 9.17) is 14.5 Å². The molecule has 0 aliphatic carbocycles. The predicted molar refractivity (Wildman–Crippen MR) is 112 cm³/mol. The maximum Gasteiger partial charge on any atom is 0.363 e. The summed E-state index contributed by atoms with van der Waals surface area (Å²) in [5.41, 5.74) is -1.44. The van der Waals surface area contributed by atoms with Crippen molar-refractivity contribution in [3.05, 3.63) is 71.3 Å². The van der Waals surface area contributed by atoms with E-state index in [1.165, 1.54) is 0 Å². The van der Waals surface area contributed by atoms with Gasteiger partial charge in [-0.2, -0.15) is 0 Å². The van der Waals surface area contributed by atoms with Crippen LogP contribution in [-0.2, 0) is 0 Å². The fourth-order valence-electron chi connectivity index (χ4n) is 2.87. The van der Waals surface area contributed by atoms with Crippen molar-refractivity contribution in [1.29, 1.82) is 0 Å². The van der Waals surface area contributed by atoms with Crippen molar-refractivity contribution in [2.45, 2.75) is 0 Å². The van der Waals surface area contributed by atoms with Crippen LogP contribution in [0, 0.1) is 0 Å². The van der Waals surface area contributed by atoms with Gasteiger partial charge in [0.2, 0.25) is 35.3 Å². The zero-order valence-corrected chi connectivity index (χ0v) is 17.7. The van der Waals surface area contributed by atoms with Crippen molar-refractivity contribution in [2.75, 3.05) is 0 Å². The Balaban J connectivity index is 1.71. The maximum absolute atomic E-state index is 12.7. The highest BCUT2D eigenvalue weighted by Crippen LogP contribution is 2.23. The van der Waals surface area contributed by atoms with Crippen LogP contribution < -0.4 is 14.5 Å². The zero-order valence-electron chi connectivity index (χ0n) is 17.7. The summed E-state index contributed by atoms with van der Waals surface area (Å²) < 4.78 is 1.07. The van der Waals surface area contributed by atoms with E-state index in [0.717, 1.165) is 54.6 Å². The first-order valence-corrected chi connectivity index (χ1v) is 9.67. The molecule has 0 saturated heterocycles. The molecule has 0 amide bonds. The largest absolute Gasteiger partial charge is 0.492 e. The molecule has 0 atom stereocenters. The van der Waals surface area contributed by atoms with Crippen molar-refractivity contribution < 1.29 is 59.5 Å². The van der Waals surface area contributed by atoms with Crippen molar-refractivity contribution in [3.63, 3.8) is 0 Å². The Hall–Kier alpha value is -5.73. The highest BCUT2D eigenvalue weighted by Gasteiger charge is 2.23. The lowest BCUT2D eigenvalue weighted by Gasteiger charge is -2.12. The average molecular weight is 501 g/mol. The Labute approximate surface area is 198 Å². The summed E-state index contributed by atoms with van der Waals surface area (Å²) in [6.07, 6.45) is 0. The number of aromatic nitrogens is 3. The SMILES string of the molecule is O=C(On1c(O)ccc1O)c1cc(C(=O)On2c(O)ccc2O)cc(C(=O)On2c(O)ccc2O)c1. The van der Waals surface area contributed by atoms with Crippen LogP contribution in [0.1, 0.15) is 31.1 Å². The summed E-state index contributed by atoms with van der Waals surface area (Å²) in [5.74, 6) is -7.67. The minimum absolute atomic E-state index is 0.358. The van der Waals surface area contributed by atoms with Gasteiger partial charge >= 0.3 is 17.9 Å². The van der Waals surface area contributed by atoms with Crippen molar-refractivity contribution >= 4 is 17.9 Å². The van der Waals surface area contributed by atoms with E-state index in [1.54, 1.807) is 0 Å². The van der Waals surface area contributed by atoms with E-state index in [0.29, 0.717) is 14.2 Å². The maximum atomic E-state index is 12.7. The molecule has 4 rings (SSSR count). The van der Waals surface area contributed by atoms with Gasteiger partial charge in [0.05, 0.1) is 16.7 Å². The molecule has 1 aromatic carbocycles. The van der Waals surface area contributed by atoms with Gasteiger partial charge in [0.15, 0.2) is 0 Å². The minimum Gasteiger partial charge on any atom is -0.492 e. The fourth-order valence-corrected chi connectivity index (χ4v) is 2.87. The topological polar surface area (TPSA) is 215 Å². The minimum atomic E-state index is -1.26. The van der Waals surface area contributed by atoms with E-state index < -0.39 is 69.9 Å². The molecule has 0 unspecified atom stereocenters. The molecule has 3 aromatic heterocycles. The first-order chi connectivity index (χ1) is 17.0. The van der Waals surface area contributed by atoms with Crippen LogP contribution in [0.3, 0.4) is 0 Å². The lowest BCUT2D eigenvalue weighted by Crippen LogP contribution is -2.24. The molecule has 15 nitrogen and oxygen atoms in total. The second kappa shape index (κ2) is 8.90. The van der Waals surface area contributed by atoms with Gasteiger partial charge in [0, 0.05) is 36.4 Å². The normalized spacial score (nSPS) is 10.7. The van der Waals surface area contributed by atoms with E-state index in [1.807, 2.05) is 0 Å². The number of rotatable bonds is 6. The van der Waals surface area contributed by atoms with E-state index in [2.05, 4.69) is 0 Å². The Morgan fingerprint density at radius 2 is 0.639 bits per heavy atom. The fraction of sp³-hybridized carbons (Fsp3) is 0. The van der Waals surface area contributed by atoms with Crippen LogP contribution in [0.2, 0.25) is 0 Å². The number of benzene rings is 1. The second-order valence-electron chi connectivity index (χ2n) is 6.97. The summed E-state index contributed by atoms with van der Waals surface area (Å²) in [7, 11) is 0. The first kappa shape index (κ1) is 23.4. The Bertz CT molecular complexity index is 1250. The summed E-state index contributed by atoms with van der Waals surface area (Å²) >= 11 is 0. The third kappa shape index (κ3) is 4.38. The molecule has 186 valence electrons. The molecule has 4 aromatic rings. The van der Waals surface area contributed by atoms with Crippen LogP contribution in [0.4, 0.5) is 0 Å². The molecule has 15 heteroatoms. The molecule has 0 saturated carbocycles. The van der Waals surface area contributed by atoms with Gasteiger partial charge in [0.1, 0.15) is 0 Å². The molecule has 0 radical (unpaired) electrons. The van der Waals surface area contributed by atoms with Gasteiger partial charge in [0.25, 0.3) is 0 Å². The van der Waals surface area contributed by atoms with Gasteiger partial charge in [-0.15, -0.1) is 14.2 Å².